The monoisotopic (exact) mass is 330 g/mol. The summed E-state index contributed by atoms with van der Waals surface area (Å²) in [6.07, 6.45) is 0. The molecule has 0 radical (unpaired) electrons. The third-order valence-electron chi connectivity index (χ3n) is 2.83. The number of nitrogens with zero attached hydrogens (tertiary/aromatic N) is 1. The first-order valence-electron chi connectivity index (χ1n) is 6.12. The molecule has 7 nitrogen and oxygen atoms in total. The van der Waals surface area contributed by atoms with Gasteiger partial charge in [-0.25, -0.2) is 4.79 Å². The first-order chi connectivity index (χ1) is 10.0. The number of hydrogen-bond donors (Lipinski definition) is 3. The number of nitrogens with two attached hydrogens (primary N) is 1. The molecular weight excluding hydrogens is 316 g/mol. The van der Waals surface area contributed by atoms with Crippen molar-refractivity contribution in [1.29, 1.82) is 0 Å². The van der Waals surface area contributed by atoms with E-state index in [4.69, 9.17) is 22.1 Å². The van der Waals surface area contributed by atoms with Gasteiger partial charge in [0.1, 0.15) is 11.5 Å². The summed E-state index contributed by atoms with van der Waals surface area (Å²) >= 11 is 7.25. The number of hydrogen-bond acceptors (Lipinski definition) is 6. The summed E-state index contributed by atoms with van der Waals surface area (Å²) in [4.78, 5) is 26.8. The number of thiophene rings is 1. The minimum absolute atomic E-state index is 0.0865. The molecular formula is C12H15ClN4O3S. The summed E-state index contributed by atoms with van der Waals surface area (Å²) in [6, 6.07) is 3.63. The van der Waals surface area contributed by atoms with Crippen molar-refractivity contribution in [1.82, 2.24) is 9.55 Å². The van der Waals surface area contributed by atoms with Crippen LogP contribution in [0.4, 0.5) is 11.5 Å². The lowest BCUT2D eigenvalue weighted by Gasteiger charge is -2.13. The van der Waals surface area contributed by atoms with Gasteiger partial charge in [0.2, 0.25) is 0 Å². The Hall–Kier alpha value is -1.77. The second-order valence-electron chi connectivity index (χ2n) is 4.22. The van der Waals surface area contributed by atoms with Crippen molar-refractivity contribution in [3.63, 3.8) is 0 Å². The molecule has 0 bridgehead atoms. The van der Waals surface area contributed by atoms with Crippen LogP contribution in [0.15, 0.2) is 21.7 Å². The number of anilines is 2. The fraction of sp³-hybridized carbons (Fsp3) is 0.333. The molecule has 0 unspecified atom stereocenters. The highest BCUT2D eigenvalue weighted by atomic mass is 35.5. The lowest BCUT2D eigenvalue weighted by molar-refractivity contribution is 0.186. The number of ether oxygens (including phenoxy) is 1. The zero-order valence-corrected chi connectivity index (χ0v) is 12.9. The van der Waals surface area contributed by atoms with Gasteiger partial charge in [-0.05, 0) is 12.1 Å². The Morgan fingerprint density at radius 3 is 2.86 bits per heavy atom. The molecule has 0 aliphatic heterocycles. The van der Waals surface area contributed by atoms with Crippen LogP contribution in [0.5, 0.6) is 0 Å². The number of aromatic amines is 1. The fourth-order valence-corrected chi connectivity index (χ4v) is 2.81. The molecule has 0 aliphatic carbocycles. The lowest BCUT2D eigenvalue weighted by Crippen LogP contribution is -2.34. The molecule has 0 aromatic carbocycles. The van der Waals surface area contributed by atoms with Crippen LogP contribution < -0.4 is 22.3 Å². The van der Waals surface area contributed by atoms with E-state index in [1.807, 2.05) is 6.07 Å². The summed E-state index contributed by atoms with van der Waals surface area (Å²) in [5.74, 6) is 0.0865. The zero-order chi connectivity index (χ0) is 15.4. The van der Waals surface area contributed by atoms with Gasteiger partial charge >= 0.3 is 5.69 Å². The molecule has 4 N–H and O–H groups in total. The van der Waals surface area contributed by atoms with Crippen LogP contribution in [0.2, 0.25) is 4.34 Å². The molecule has 2 aromatic heterocycles. The number of aromatic nitrogens is 2. The Morgan fingerprint density at radius 1 is 1.48 bits per heavy atom. The predicted molar refractivity (Wildman–Crippen MR) is 84.3 cm³/mol. The fourth-order valence-electron chi connectivity index (χ4n) is 1.79. The van der Waals surface area contributed by atoms with Crippen molar-refractivity contribution in [3.8, 4) is 0 Å². The van der Waals surface area contributed by atoms with Crippen molar-refractivity contribution in [2.75, 3.05) is 24.8 Å². The highest BCUT2D eigenvalue weighted by Crippen LogP contribution is 2.22. The SMILES string of the molecule is COCCn1c(N)c(NCc2ccc(Cl)s2)c(=O)[nH]c1=O. The first kappa shape index (κ1) is 15.6. The largest absolute Gasteiger partial charge is 0.383 e. The van der Waals surface area contributed by atoms with Crippen LogP contribution >= 0.6 is 22.9 Å². The van der Waals surface area contributed by atoms with Gasteiger partial charge in [0.15, 0.2) is 0 Å². The average Bonchev–Trinajstić information content (AvgIpc) is 2.84. The van der Waals surface area contributed by atoms with E-state index in [0.29, 0.717) is 17.5 Å². The second kappa shape index (κ2) is 6.79. The normalized spacial score (nSPS) is 10.8. The molecule has 114 valence electrons. The van der Waals surface area contributed by atoms with Gasteiger partial charge in [0.25, 0.3) is 5.56 Å². The molecule has 0 saturated heterocycles. The third kappa shape index (κ3) is 3.66. The second-order valence-corrected chi connectivity index (χ2v) is 6.02. The van der Waals surface area contributed by atoms with Crippen molar-refractivity contribution in [2.45, 2.75) is 13.1 Å². The summed E-state index contributed by atoms with van der Waals surface area (Å²) in [7, 11) is 1.52. The molecule has 0 saturated carbocycles. The molecule has 0 spiro atoms. The Balaban J connectivity index is 2.26. The Bertz CT molecular complexity index is 737. The maximum atomic E-state index is 11.8. The minimum Gasteiger partial charge on any atom is -0.383 e. The van der Waals surface area contributed by atoms with E-state index in [1.165, 1.54) is 23.0 Å². The number of methoxy groups -OCH3 is 1. The quantitative estimate of drug-likeness (QED) is 0.736. The molecule has 21 heavy (non-hydrogen) atoms. The average molecular weight is 331 g/mol. The van der Waals surface area contributed by atoms with E-state index in [-0.39, 0.29) is 18.1 Å². The van der Waals surface area contributed by atoms with E-state index in [9.17, 15) is 9.59 Å². The summed E-state index contributed by atoms with van der Waals surface area (Å²) < 4.78 is 6.84. The van der Waals surface area contributed by atoms with Crippen molar-refractivity contribution < 1.29 is 4.74 Å². The molecule has 2 heterocycles. The smallest absolute Gasteiger partial charge is 0.330 e. The highest BCUT2D eigenvalue weighted by Gasteiger charge is 2.12. The molecule has 0 atom stereocenters. The molecule has 2 rings (SSSR count). The van der Waals surface area contributed by atoms with Crippen molar-refractivity contribution in [3.05, 3.63) is 42.2 Å². The first-order valence-corrected chi connectivity index (χ1v) is 7.32. The van der Waals surface area contributed by atoms with Gasteiger partial charge in [-0.3, -0.25) is 14.3 Å². The van der Waals surface area contributed by atoms with Gasteiger partial charge in [0, 0.05) is 18.5 Å². The number of H-pyrrole nitrogens is 1. The maximum absolute atomic E-state index is 11.8. The van der Waals surface area contributed by atoms with Crippen molar-refractivity contribution >= 4 is 34.4 Å². The van der Waals surface area contributed by atoms with Gasteiger partial charge in [0.05, 0.1) is 17.5 Å². The Kier molecular flexibility index (Phi) is 5.05. The van der Waals surface area contributed by atoms with Crippen LogP contribution in [-0.2, 0) is 17.8 Å². The highest BCUT2D eigenvalue weighted by molar-refractivity contribution is 7.16. The van der Waals surface area contributed by atoms with Gasteiger partial charge in [-0.2, -0.15) is 0 Å². The lowest BCUT2D eigenvalue weighted by atomic mass is 10.4. The van der Waals surface area contributed by atoms with E-state index in [2.05, 4.69) is 10.3 Å². The molecule has 0 amide bonds. The van der Waals surface area contributed by atoms with Gasteiger partial charge in [-0.15, -0.1) is 11.3 Å². The van der Waals surface area contributed by atoms with Crippen LogP contribution in [0.25, 0.3) is 0 Å². The Morgan fingerprint density at radius 2 is 2.24 bits per heavy atom. The summed E-state index contributed by atoms with van der Waals surface area (Å²) in [6.45, 7) is 0.973. The predicted octanol–water partition coefficient (Wildman–Crippen LogP) is 1.09. The van der Waals surface area contributed by atoms with Crippen LogP contribution in [-0.4, -0.2) is 23.3 Å². The van der Waals surface area contributed by atoms with Crippen molar-refractivity contribution in [2.24, 2.45) is 0 Å². The molecule has 0 fully saturated rings. The van der Waals surface area contributed by atoms with Crippen LogP contribution in [0, 0.1) is 0 Å². The van der Waals surface area contributed by atoms with Crippen LogP contribution in [0.3, 0.4) is 0 Å². The number of rotatable bonds is 6. The Labute approximate surface area is 129 Å². The topological polar surface area (TPSA) is 102 Å². The van der Waals surface area contributed by atoms with Gasteiger partial charge < -0.3 is 15.8 Å². The summed E-state index contributed by atoms with van der Waals surface area (Å²) in [5.41, 5.74) is 4.96. The summed E-state index contributed by atoms with van der Waals surface area (Å²) in [5, 5.41) is 2.94. The molecule has 0 aliphatic rings. The number of nitrogen functional groups attached to an aromatic ring is 1. The number of halogens is 1. The maximum Gasteiger partial charge on any atom is 0.330 e. The molecule has 2 aromatic rings. The van der Waals surface area contributed by atoms with E-state index < -0.39 is 11.2 Å². The third-order valence-corrected chi connectivity index (χ3v) is 4.06. The standard InChI is InChI=1S/C12H15ClN4O3S/c1-20-5-4-17-10(14)9(11(18)16-12(17)19)15-6-7-2-3-8(13)21-7/h2-3,15H,4-6,14H2,1H3,(H,16,18,19). The van der Waals surface area contributed by atoms with Crippen LogP contribution in [0.1, 0.15) is 4.88 Å². The zero-order valence-electron chi connectivity index (χ0n) is 11.3. The van der Waals surface area contributed by atoms with E-state index in [1.54, 1.807) is 6.07 Å². The van der Waals surface area contributed by atoms with E-state index in [0.717, 1.165) is 4.88 Å². The molecule has 9 heteroatoms. The minimum atomic E-state index is -0.556. The van der Waals surface area contributed by atoms with Gasteiger partial charge in [-0.1, -0.05) is 11.6 Å². The van der Waals surface area contributed by atoms with E-state index >= 15 is 0 Å². The number of nitrogens with one attached hydrogen (secondary N) is 2.